The number of rotatable bonds is 3. The van der Waals surface area contributed by atoms with Gasteiger partial charge in [0.15, 0.2) is 5.82 Å². The Morgan fingerprint density at radius 1 is 1.09 bits per heavy atom. The normalized spacial score (nSPS) is 20.5. The quantitative estimate of drug-likeness (QED) is 0.872. The van der Waals surface area contributed by atoms with Gasteiger partial charge in [0.1, 0.15) is 5.82 Å². The van der Waals surface area contributed by atoms with Crippen LogP contribution in [0.3, 0.4) is 0 Å². The summed E-state index contributed by atoms with van der Waals surface area (Å²) in [6, 6.07) is 4.50. The lowest BCUT2D eigenvalue weighted by Crippen LogP contribution is -2.20. The van der Waals surface area contributed by atoms with Gasteiger partial charge in [0.25, 0.3) is 0 Å². The van der Waals surface area contributed by atoms with Gasteiger partial charge in [-0.05, 0) is 37.8 Å². The third-order valence-electron chi connectivity index (χ3n) is 4.83. The standard InChI is InChI=1S/C17H22N4O/c1-2-6-15(5-1)21-17(13-7-10-22-11-8-13)19-16(20-21)14-4-3-9-18-12-14/h3-4,9,12-13,15H,1-2,5-8,10-11H2. The van der Waals surface area contributed by atoms with Crippen molar-refractivity contribution in [3.05, 3.63) is 30.4 Å². The van der Waals surface area contributed by atoms with Crippen LogP contribution in [0.4, 0.5) is 0 Å². The Hall–Kier alpha value is -1.75. The van der Waals surface area contributed by atoms with Crippen LogP contribution in [-0.2, 0) is 4.74 Å². The molecule has 0 atom stereocenters. The molecule has 4 rings (SSSR count). The minimum atomic E-state index is 0.479. The molecule has 5 nitrogen and oxygen atoms in total. The predicted molar refractivity (Wildman–Crippen MR) is 83.6 cm³/mol. The van der Waals surface area contributed by atoms with Crippen LogP contribution in [0.5, 0.6) is 0 Å². The van der Waals surface area contributed by atoms with Gasteiger partial charge in [0.05, 0.1) is 6.04 Å². The van der Waals surface area contributed by atoms with Crippen molar-refractivity contribution < 1.29 is 4.74 Å². The van der Waals surface area contributed by atoms with E-state index in [9.17, 15) is 0 Å². The van der Waals surface area contributed by atoms with Gasteiger partial charge in [-0.3, -0.25) is 4.98 Å². The summed E-state index contributed by atoms with van der Waals surface area (Å²) in [5.74, 6) is 2.46. The zero-order valence-electron chi connectivity index (χ0n) is 12.8. The predicted octanol–water partition coefficient (Wildman–Crippen LogP) is 3.35. The highest BCUT2D eigenvalue weighted by molar-refractivity contribution is 5.52. The molecule has 0 N–H and O–H groups in total. The maximum atomic E-state index is 5.51. The third-order valence-corrected chi connectivity index (χ3v) is 4.83. The van der Waals surface area contributed by atoms with Gasteiger partial charge in [-0.25, -0.2) is 9.67 Å². The van der Waals surface area contributed by atoms with Crippen molar-refractivity contribution in [2.45, 2.75) is 50.5 Å². The van der Waals surface area contributed by atoms with Gasteiger partial charge >= 0.3 is 0 Å². The van der Waals surface area contributed by atoms with E-state index in [-0.39, 0.29) is 0 Å². The minimum absolute atomic E-state index is 0.479. The molecule has 1 aliphatic heterocycles. The summed E-state index contributed by atoms with van der Waals surface area (Å²) in [5.41, 5.74) is 1.01. The second-order valence-electron chi connectivity index (χ2n) is 6.30. The summed E-state index contributed by atoms with van der Waals surface area (Å²) in [4.78, 5) is 9.11. The summed E-state index contributed by atoms with van der Waals surface area (Å²) in [6.07, 6.45) is 10.8. The van der Waals surface area contributed by atoms with Crippen LogP contribution in [0.2, 0.25) is 0 Å². The molecule has 0 spiro atoms. The summed E-state index contributed by atoms with van der Waals surface area (Å²) < 4.78 is 7.74. The number of hydrogen-bond donors (Lipinski definition) is 0. The number of ether oxygens (including phenoxy) is 1. The van der Waals surface area contributed by atoms with E-state index in [0.717, 1.165) is 43.3 Å². The largest absolute Gasteiger partial charge is 0.381 e. The lowest BCUT2D eigenvalue weighted by molar-refractivity contribution is 0.0821. The van der Waals surface area contributed by atoms with Crippen LogP contribution < -0.4 is 0 Å². The fourth-order valence-corrected chi connectivity index (χ4v) is 3.60. The van der Waals surface area contributed by atoms with Gasteiger partial charge in [-0.1, -0.05) is 12.8 Å². The van der Waals surface area contributed by atoms with E-state index in [4.69, 9.17) is 14.8 Å². The SMILES string of the molecule is c1cncc(-c2nc(C3CCOCC3)n(C3CCCC3)n2)c1. The summed E-state index contributed by atoms with van der Waals surface area (Å²) in [5, 5.41) is 4.86. The van der Waals surface area contributed by atoms with Crippen LogP contribution in [0.15, 0.2) is 24.5 Å². The first kappa shape index (κ1) is 13.9. The second kappa shape index (κ2) is 6.16. The van der Waals surface area contributed by atoms with Gasteiger partial charge in [0, 0.05) is 37.1 Å². The minimum Gasteiger partial charge on any atom is -0.381 e. The fourth-order valence-electron chi connectivity index (χ4n) is 3.60. The van der Waals surface area contributed by atoms with Gasteiger partial charge < -0.3 is 4.74 Å². The first-order valence-electron chi connectivity index (χ1n) is 8.36. The number of hydrogen-bond acceptors (Lipinski definition) is 4. The van der Waals surface area contributed by atoms with E-state index < -0.39 is 0 Å². The smallest absolute Gasteiger partial charge is 0.182 e. The molecule has 1 saturated carbocycles. The number of nitrogens with zero attached hydrogens (tertiary/aromatic N) is 4. The summed E-state index contributed by atoms with van der Waals surface area (Å²) in [6.45, 7) is 1.68. The molecule has 0 radical (unpaired) electrons. The maximum absolute atomic E-state index is 5.51. The Morgan fingerprint density at radius 2 is 1.91 bits per heavy atom. The molecule has 3 heterocycles. The molecule has 2 aromatic heterocycles. The van der Waals surface area contributed by atoms with Gasteiger partial charge in [-0.2, -0.15) is 5.10 Å². The number of pyridine rings is 1. The van der Waals surface area contributed by atoms with Crippen molar-refractivity contribution in [2.24, 2.45) is 0 Å². The summed E-state index contributed by atoms with van der Waals surface area (Å²) >= 11 is 0. The molecule has 2 fully saturated rings. The fraction of sp³-hybridized carbons (Fsp3) is 0.588. The highest BCUT2D eigenvalue weighted by Gasteiger charge is 2.28. The molecule has 0 aromatic carbocycles. The average Bonchev–Trinajstić information content (AvgIpc) is 3.26. The molecule has 2 aliphatic rings. The van der Waals surface area contributed by atoms with E-state index in [0.29, 0.717) is 12.0 Å². The highest BCUT2D eigenvalue weighted by Crippen LogP contribution is 2.35. The van der Waals surface area contributed by atoms with Crippen LogP contribution in [0.1, 0.15) is 56.3 Å². The van der Waals surface area contributed by atoms with E-state index in [1.54, 1.807) is 6.20 Å². The lowest BCUT2D eigenvalue weighted by atomic mass is 9.99. The Kier molecular flexibility index (Phi) is 3.89. The molecule has 0 unspecified atom stereocenters. The van der Waals surface area contributed by atoms with E-state index in [1.807, 2.05) is 18.3 Å². The van der Waals surface area contributed by atoms with Crippen molar-refractivity contribution in [3.8, 4) is 11.4 Å². The number of aromatic nitrogens is 4. The zero-order valence-corrected chi connectivity index (χ0v) is 12.8. The highest BCUT2D eigenvalue weighted by atomic mass is 16.5. The molecule has 1 aliphatic carbocycles. The molecular weight excluding hydrogens is 276 g/mol. The van der Waals surface area contributed by atoms with E-state index >= 15 is 0 Å². The van der Waals surface area contributed by atoms with E-state index in [1.165, 1.54) is 25.7 Å². The van der Waals surface area contributed by atoms with Crippen LogP contribution in [-0.4, -0.2) is 33.0 Å². The van der Waals surface area contributed by atoms with Crippen molar-refractivity contribution in [3.63, 3.8) is 0 Å². The molecule has 0 bridgehead atoms. The molecular formula is C17H22N4O. The molecule has 116 valence electrons. The van der Waals surface area contributed by atoms with Crippen molar-refractivity contribution >= 4 is 0 Å². The topological polar surface area (TPSA) is 52.8 Å². The van der Waals surface area contributed by atoms with Crippen LogP contribution in [0.25, 0.3) is 11.4 Å². The Labute approximate surface area is 130 Å². The monoisotopic (exact) mass is 298 g/mol. The van der Waals surface area contributed by atoms with Gasteiger partial charge in [-0.15, -0.1) is 0 Å². The van der Waals surface area contributed by atoms with Crippen molar-refractivity contribution in [1.29, 1.82) is 0 Å². The van der Waals surface area contributed by atoms with Gasteiger partial charge in [0.2, 0.25) is 0 Å². The van der Waals surface area contributed by atoms with Crippen molar-refractivity contribution in [2.75, 3.05) is 13.2 Å². The average molecular weight is 298 g/mol. The zero-order chi connectivity index (χ0) is 14.8. The Balaban J connectivity index is 1.72. The Morgan fingerprint density at radius 3 is 2.64 bits per heavy atom. The lowest BCUT2D eigenvalue weighted by Gasteiger charge is -2.23. The maximum Gasteiger partial charge on any atom is 0.182 e. The second-order valence-corrected chi connectivity index (χ2v) is 6.30. The molecule has 5 heteroatoms. The first-order chi connectivity index (χ1) is 10.9. The van der Waals surface area contributed by atoms with Crippen molar-refractivity contribution in [1.82, 2.24) is 19.7 Å². The van der Waals surface area contributed by atoms with Crippen LogP contribution in [0, 0.1) is 0 Å². The Bertz CT molecular complexity index is 613. The van der Waals surface area contributed by atoms with E-state index in [2.05, 4.69) is 9.67 Å². The molecule has 2 aromatic rings. The van der Waals surface area contributed by atoms with Crippen LogP contribution >= 0.6 is 0 Å². The first-order valence-corrected chi connectivity index (χ1v) is 8.36. The molecule has 0 amide bonds. The summed E-state index contributed by atoms with van der Waals surface area (Å²) in [7, 11) is 0. The third kappa shape index (κ3) is 2.65. The molecule has 1 saturated heterocycles. The molecule has 22 heavy (non-hydrogen) atoms.